The Morgan fingerprint density at radius 1 is 1.60 bits per heavy atom. The average molecular weight is 255 g/mol. The lowest BCUT2D eigenvalue weighted by molar-refractivity contribution is -0.119. The molecule has 1 atom stereocenters. The summed E-state index contributed by atoms with van der Waals surface area (Å²) in [6, 6.07) is 0.332. The van der Waals surface area contributed by atoms with Crippen LogP contribution in [0.25, 0.3) is 0 Å². The largest absolute Gasteiger partial charge is 0.353 e. The molecule has 0 saturated carbocycles. The molecular weight excluding hydrogens is 241 g/mol. The van der Waals surface area contributed by atoms with Gasteiger partial charge in [-0.2, -0.15) is 0 Å². The second-order valence-electron chi connectivity index (χ2n) is 2.71. The summed E-state index contributed by atoms with van der Waals surface area (Å²) in [6.45, 7) is 5.78. The molecule has 0 heterocycles. The molecule has 0 aliphatic heterocycles. The second-order valence-corrected chi connectivity index (χ2v) is 3.59. The molecule has 0 saturated heterocycles. The summed E-state index contributed by atoms with van der Waals surface area (Å²) in [5, 5.41) is 2.88. The van der Waals surface area contributed by atoms with Crippen molar-refractivity contribution in [2.45, 2.75) is 26.8 Å². The van der Waals surface area contributed by atoms with E-state index < -0.39 is 0 Å². The van der Waals surface area contributed by atoms with Crippen molar-refractivity contribution in [1.29, 1.82) is 0 Å². The molecule has 0 radical (unpaired) electrons. The Morgan fingerprint density at radius 2 is 2.10 bits per heavy atom. The maximum atomic E-state index is 10.6. The Balaban J connectivity index is 3.71. The monoisotopic (exact) mass is 255 g/mol. The van der Waals surface area contributed by atoms with Gasteiger partial charge in [0, 0.05) is 17.4 Å². The average Bonchev–Trinajstić information content (AvgIpc) is 1.81. The summed E-state index contributed by atoms with van der Waals surface area (Å²) in [6.07, 6.45) is 0. The van der Waals surface area contributed by atoms with Crippen LogP contribution in [0.5, 0.6) is 0 Å². The molecule has 1 amide bonds. The van der Waals surface area contributed by atoms with Crippen LogP contribution < -0.4 is 5.32 Å². The number of rotatable bonds is 3. The van der Waals surface area contributed by atoms with Crippen LogP contribution in [0.1, 0.15) is 20.8 Å². The molecule has 2 nitrogen and oxygen atoms in total. The Morgan fingerprint density at radius 3 is 2.20 bits per heavy atom. The first kappa shape index (κ1) is 10.2. The van der Waals surface area contributed by atoms with Crippen molar-refractivity contribution in [2.24, 2.45) is 5.92 Å². The third-order valence-electron chi connectivity index (χ3n) is 1.36. The van der Waals surface area contributed by atoms with Gasteiger partial charge in [0.15, 0.2) is 0 Å². The van der Waals surface area contributed by atoms with E-state index in [1.165, 1.54) is 0 Å². The molecule has 0 rings (SSSR count). The van der Waals surface area contributed by atoms with E-state index in [-0.39, 0.29) is 5.91 Å². The van der Waals surface area contributed by atoms with Gasteiger partial charge in [-0.15, -0.1) is 0 Å². The van der Waals surface area contributed by atoms with Crippen LogP contribution >= 0.6 is 22.6 Å². The first-order chi connectivity index (χ1) is 4.57. The molecule has 0 aliphatic carbocycles. The first-order valence-corrected chi connectivity index (χ1v) is 4.93. The molecule has 0 fully saturated rings. The summed E-state index contributed by atoms with van der Waals surface area (Å²) in [5.41, 5.74) is 0. The van der Waals surface area contributed by atoms with Crippen molar-refractivity contribution < 1.29 is 4.79 Å². The van der Waals surface area contributed by atoms with E-state index in [1.807, 2.05) is 0 Å². The SMILES string of the molecule is CC(=O)NC(CI)C(C)C. The van der Waals surface area contributed by atoms with Crippen LogP contribution in [0.3, 0.4) is 0 Å². The molecular formula is C7H14INO. The lowest BCUT2D eigenvalue weighted by Gasteiger charge is -2.18. The van der Waals surface area contributed by atoms with Gasteiger partial charge in [-0.25, -0.2) is 0 Å². The summed E-state index contributed by atoms with van der Waals surface area (Å²) in [7, 11) is 0. The number of carbonyl (C=O) groups excluding carboxylic acids is 1. The van der Waals surface area contributed by atoms with Crippen molar-refractivity contribution in [2.75, 3.05) is 4.43 Å². The van der Waals surface area contributed by atoms with E-state index in [9.17, 15) is 4.79 Å². The number of amides is 1. The highest BCUT2D eigenvalue weighted by molar-refractivity contribution is 14.1. The fourth-order valence-electron chi connectivity index (χ4n) is 0.644. The van der Waals surface area contributed by atoms with Crippen molar-refractivity contribution in [3.8, 4) is 0 Å². The number of carbonyl (C=O) groups is 1. The van der Waals surface area contributed by atoms with Gasteiger partial charge in [0.05, 0.1) is 0 Å². The van der Waals surface area contributed by atoms with E-state index in [1.54, 1.807) is 6.92 Å². The van der Waals surface area contributed by atoms with Gasteiger partial charge in [-0.05, 0) is 5.92 Å². The number of hydrogen-bond donors (Lipinski definition) is 1. The molecule has 3 heteroatoms. The number of hydrogen-bond acceptors (Lipinski definition) is 1. The van der Waals surface area contributed by atoms with Crippen molar-refractivity contribution >= 4 is 28.5 Å². The van der Waals surface area contributed by atoms with Crippen LogP contribution in [0, 0.1) is 5.92 Å². The number of nitrogens with one attached hydrogen (secondary N) is 1. The van der Waals surface area contributed by atoms with E-state index >= 15 is 0 Å². The standard InChI is InChI=1S/C7H14INO/c1-5(2)7(4-8)9-6(3)10/h5,7H,4H2,1-3H3,(H,9,10). The number of alkyl halides is 1. The second kappa shape index (κ2) is 4.93. The Kier molecular flexibility index (Phi) is 5.03. The molecule has 0 aromatic rings. The lowest BCUT2D eigenvalue weighted by Crippen LogP contribution is -2.38. The minimum atomic E-state index is 0.0652. The first-order valence-electron chi connectivity index (χ1n) is 3.41. The van der Waals surface area contributed by atoms with Crippen LogP contribution in [0.2, 0.25) is 0 Å². The summed E-state index contributed by atoms with van der Waals surface area (Å²) < 4.78 is 0.981. The Hall–Kier alpha value is 0.200. The van der Waals surface area contributed by atoms with Gasteiger partial charge in [0.1, 0.15) is 0 Å². The third kappa shape index (κ3) is 4.09. The fourth-order valence-corrected chi connectivity index (χ4v) is 1.88. The highest BCUT2D eigenvalue weighted by Crippen LogP contribution is 2.04. The number of halogens is 1. The zero-order chi connectivity index (χ0) is 8.15. The molecule has 0 aliphatic rings. The van der Waals surface area contributed by atoms with Gasteiger partial charge >= 0.3 is 0 Å². The van der Waals surface area contributed by atoms with Crippen LogP contribution in [0.15, 0.2) is 0 Å². The lowest BCUT2D eigenvalue weighted by atomic mass is 10.1. The predicted molar refractivity (Wildman–Crippen MR) is 51.3 cm³/mol. The molecule has 0 aromatic heterocycles. The summed E-state index contributed by atoms with van der Waals surface area (Å²) in [5.74, 6) is 0.594. The molecule has 1 unspecified atom stereocenters. The van der Waals surface area contributed by atoms with Gasteiger partial charge in [0.2, 0.25) is 5.91 Å². The van der Waals surface area contributed by atoms with Crippen molar-refractivity contribution in [3.05, 3.63) is 0 Å². The van der Waals surface area contributed by atoms with Crippen LogP contribution in [-0.2, 0) is 4.79 Å². The van der Waals surface area contributed by atoms with Crippen molar-refractivity contribution in [1.82, 2.24) is 5.32 Å². The summed E-state index contributed by atoms with van der Waals surface area (Å²) >= 11 is 2.28. The summed E-state index contributed by atoms with van der Waals surface area (Å²) in [4.78, 5) is 10.6. The zero-order valence-electron chi connectivity index (χ0n) is 6.65. The fraction of sp³-hybridized carbons (Fsp3) is 0.857. The normalized spacial score (nSPS) is 13.3. The van der Waals surface area contributed by atoms with Crippen molar-refractivity contribution in [3.63, 3.8) is 0 Å². The third-order valence-corrected chi connectivity index (χ3v) is 2.31. The molecule has 10 heavy (non-hydrogen) atoms. The predicted octanol–water partition coefficient (Wildman–Crippen LogP) is 1.58. The minimum absolute atomic E-state index is 0.0652. The maximum absolute atomic E-state index is 10.6. The zero-order valence-corrected chi connectivity index (χ0v) is 8.81. The molecule has 60 valence electrons. The van der Waals surface area contributed by atoms with Crippen LogP contribution in [-0.4, -0.2) is 16.4 Å². The molecule has 0 aromatic carbocycles. The van der Waals surface area contributed by atoms with E-state index in [0.29, 0.717) is 12.0 Å². The van der Waals surface area contributed by atoms with E-state index in [2.05, 4.69) is 41.8 Å². The van der Waals surface area contributed by atoms with Gasteiger partial charge in [-0.3, -0.25) is 4.79 Å². The van der Waals surface area contributed by atoms with E-state index in [4.69, 9.17) is 0 Å². The highest BCUT2D eigenvalue weighted by Gasteiger charge is 2.11. The minimum Gasteiger partial charge on any atom is -0.353 e. The topological polar surface area (TPSA) is 29.1 Å². The Bertz CT molecular complexity index is 114. The quantitative estimate of drug-likeness (QED) is 0.602. The van der Waals surface area contributed by atoms with Gasteiger partial charge in [-0.1, -0.05) is 36.4 Å². The molecule has 1 N–H and O–H groups in total. The van der Waals surface area contributed by atoms with E-state index in [0.717, 1.165) is 4.43 Å². The van der Waals surface area contributed by atoms with Crippen LogP contribution in [0.4, 0.5) is 0 Å². The molecule has 0 spiro atoms. The van der Waals surface area contributed by atoms with Gasteiger partial charge < -0.3 is 5.32 Å². The highest BCUT2D eigenvalue weighted by atomic mass is 127. The van der Waals surface area contributed by atoms with Gasteiger partial charge in [0.25, 0.3) is 0 Å². The Labute approximate surface area is 75.9 Å². The molecule has 0 bridgehead atoms. The smallest absolute Gasteiger partial charge is 0.217 e. The maximum Gasteiger partial charge on any atom is 0.217 e.